The second-order valence-corrected chi connectivity index (χ2v) is 7.26. The van der Waals surface area contributed by atoms with Gasteiger partial charge in [0, 0.05) is 18.9 Å². The topological polar surface area (TPSA) is 30.5 Å². The summed E-state index contributed by atoms with van der Waals surface area (Å²) in [7, 11) is 0. The molecule has 3 heteroatoms. The Morgan fingerprint density at radius 1 is 1.05 bits per heavy atom. The highest BCUT2D eigenvalue weighted by molar-refractivity contribution is 4.85. The monoisotopic (exact) mass is 281 g/mol. The van der Waals surface area contributed by atoms with Crippen LogP contribution in [0.3, 0.4) is 0 Å². The van der Waals surface area contributed by atoms with E-state index in [2.05, 4.69) is 12.2 Å². The zero-order valence-electron chi connectivity index (χ0n) is 13.0. The molecule has 0 aromatic heterocycles. The molecule has 1 heterocycles. The predicted octanol–water partition coefficient (Wildman–Crippen LogP) is 3.48. The zero-order valence-corrected chi connectivity index (χ0v) is 13.0. The lowest BCUT2D eigenvalue weighted by Crippen LogP contribution is -2.42. The molecular formula is C17H31NO2. The number of hydrogen-bond acceptors (Lipinski definition) is 3. The Hall–Kier alpha value is -0.120. The summed E-state index contributed by atoms with van der Waals surface area (Å²) in [6.45, 7) is 5.20. The first-order chi connectivity index (χ1) is 9.76. The molecule has 116 valence electrons. The summed E-state index contributed by atoms with van der Waals surface area (Å²) >= 11 is 0. The van der Waals surface area contributed by atoms with Crippen molar-refractivity contribution >= 4 is 0 Å². The van der Waals surface area contributed by atoms with Crippen LogP contribution in [0, 0.1) is 11.8 Å². The van der Waals surface area contributed by atoms with Crippen molar-refractivity contribution in [1.82, 2.24) is 5.32 Å². The Morgan fingerprint density at radius 3 is 2.50 bits per heavy atom. The molecule has 0 aromatic rings. The molecule has 3 fully saturated rings. The molecule has 2 atom stereocenters. The van der Waals surface area contributed by atoms with Gasteiger partial charge in [-0.05, 0) is 44.1 Å². The van der Waals surface area contributed by atoms with E-state index in [9.17, 15) is 0 Å². The molecule has 1 saturated heterocycles. The minimum absolute atomic E-state index is 0.197. The molecule has 20 heavy (non-hydrogen) atoms. The average molecular weight is 281 g/mol. The zero-order chi connectivity index (χ0) is 13.8. The van der Waals surface area contributed by atoms with Gasteiger partial charge in [-0.25, -0.2) is 0 Å². The molecule has 1 N–H and O–H groups in total. The van der Waals surface area contributed by atoms with Gasteiger partial charge in [-0.1, -0.05) is 26.2 Å². The summed E-state index contributed by atoms with van der Waals surface area (Å²) in [5.41, 5.74) is 0. The second-order valence-electron chi connectivity index (χ2n) is 7.26. The van der Waals surface area contributed by atoms with Crippen LogP contribution < -0.4 is 5.32 Å². The van der Waals surface area contributed by atoms with Crippen LogP contribution in [0.4, 0.5) is 0 Å². The number of nitrogens with one attached hydrogen (secondary N) is 1. The molecule has 2 unspecified atom stereocenters. The van der Waals surface area contributed by atoms with Crippen LogP contribution in [0.2, 0.25) is 0 Å². The van der Waals surface area contributed by atoms with E-state index < -0.39 is 0 Å². The lowest BCUT2D eigenvalue weighted by atomic mass is 9.81. The first kappa shape index (κ1) is 14.8. The van der Waals surface area contributed by atoms with E-state index in [1.807, 2.05) is 0 Å². The minimum Gasteiger partial charge on any atom is -0.348 e. The summed E-state index contributed by atoms with van der Waals surface area (Å²) < 4.78 is 11.6. The highest BCUT2D eigenvalue weighted by atomic mass is 16.7. The number of ether oxygens (including phenoxy) is 2. The summed E-state index contributed by atoms with van der Waals surface area (Å²) in [5, 5.41) is 3.78. The molecule has 3 rings (SSSR count). The van der Waals surface area contributed by atoms with Crippen molar-refractivity contribution in [3.8, 4) is 0 Å². The van der Waals surface area contributed by atoms with Crippen LogP contribution in [0.15, 0.2) is 0 Å². The van der Waals surface area contributed by atoms with Gasteiger partial charge >= 0.3 is 0 Å². The van der Waals surface area contributed by atoms with Crippen molar-refractivity contribution in [2.75, 3.05) is 19.8 Å². The molecule has 0 amide bonds. The lowest BCUT2D eigenvalue weighted by Gasteiger charge is -2.36. The predicted molar refractivity (Wildman–Crippen MR) is 80.6 cm³/mol. The van der Waals surface area contributed by atoms with Crippen LogP contribution in [0.5, 0.6) is 0 Å². The fourth-order valence-electron chi connectivity index (χ4n) is 4.36. The quantitative estimate of drug-likeness (QED) is 0.856. The fourth-order valence-corrected chi connectivity index (χ4v) is 4.36. The van der Waals surface area contributed by atoms with Crippen molar-refractivity contribution in [2.24, 2.45) is 11.8 Å². The Labute approximate surface area is 123 Å². The molecule has 2 aliphatic carbocycles. The average Bonchev–Trinajstić information content (AvgIpc) is 2.90. The lowest BCUT2D eigenvalue weighted by molar-refractivity contribution is -0.179. The van der Waals surface area contributed by atoms with Crippen LogP contribution in [0.1, 0.15) is 64.7 Å². The maximum atomic E-state index is 5.79. The summed E-state index contributed by atoms with van der Waals surface area (Å²) in [5.74, 6) is 1.74. The molecule has 0 radical (unpaired) electrons. The van der Waals surface area contributed by atoms with E-state index in [4.69, 9.17) is 9.47 Å². The van der Waals surface area contributed by atoms with Gasteiger partial charge in [0.2, 0.25) is 0 Å². The summed E-state index contributed by atoms with van der Waals surface area (Å²) in [6, 6.07) is 0.689. The van der Waals surface area contributed by atoms with Crippen molar-refractivity contribution in [3.05, 3.63) is 0 Å². The Bertz CT molecular complexity index is 291. The van der Waals surface area contributed by atoms with Crippen LogP contribution in [-0.2, 0) is 9.47 Å². The van der Waals surface area contributed by atoms with Gasteiger partial charge in [0.1, 0.15) is 0 Å². The SMILES string of the molecule is CC1CCCC(CCNC2CCC3(CC2)OCCO3)C1. The molecular weight excluding hydrogens is 250 g/mol. The number of rotatable bonds is 4. The van der Waals surface area contributed by atoms with Crippen molar-refractivity contribution < 1.29 is 9.47 Å². The third-order valence-corrected chi connectivity index (χ3v) is 5.59. The highest BCUT2D eigenvalue weighted by Crippen LogP contribution is 2.36. The van der Waals surface area contributed by atoms with Gasteiger partial charge in [0.05, 0.1) is 13.2 Å². The highest BCUT2D eigenvalue weighted by Gasteiger charge is 2.40. The van der Waals surface area contributed by atoms with Crippen molar-refractivity contribution in [3.63, 3.8) is 0 Å². The van der Waals surface area contributed by atoms with Gasteiger partial charge in [-0.3, -0.25) is 0 Å². The fraction of sp³-hybridized carbons (Fsp3) is 1.00. The first-order valence-corrected chi connectivity index (χ1v) is 8.77. The first-order valence-electron chi connectivity index (χ1n) is 8.77. The van der Waals surface area contributed by atoms with Crippen LogP contribution >= 0.6 is 0 Å². The maximum absolute atomic E-state index is 5.79. The van der Waals surface area contributed by atoms with E-state index in [0.717, 1.165) is 37.9 Å². The molecule has 1 spiro atoms. The Morgan fingerprint density at radius 2 is 1.80 bits per heavy atom. The van der Waals surface area contributed by atoms with Crippen LogP contribution in [-0.4, -0.2) is 31.6 Å². The van der Waals surface area contributed by atoms with Gasteiger partial charge < -0.3 is 14.8 Å². The molecule has 1 aliphatic heterocycles. The van der Waals surface area contributed by atoms with Crippen molar-refractivity contribution in [2.45, 2.75) is 76.5 Å². The van der Waals surface area contributed by atoms with E-state index in [1.165, 1.54) is 51.5 Å². The molecule has 3 aliphatic rings. The minimum atomic E-state index is -0.197. The van der Waals surface area contributed by atoms with E-state index >= 15 is 0 Å². The van der Waals surface area contributed by atoms with Crippen LogP contribution in [0.25, 0.3) is 0 Å². The van der Waals surface area contributed by atoms with E-state index in [-0.39, 0.29) is 5.79 Å². The van der Waals surface area contributed by atoms with E-state index in [0.29, 0.717) is 6.04 Å². The standard InChI is InChI=1S/C17H31NO2/c1-14-3-2-4-15(13-14)7-10-18-16-5-8-17(9-6-16)19-11-12-20-17/h14-16,18H,2-13H2,1H3. The Balaban J connectivity index is 1.31. The smallest absolute Gasteiger partial charge is 0.168 e. The van der Waals surface area contributed by atoms with Gasteiger partial charge in [-0.2, -0.15) is 0 Å². The van der Waals surface area contributed by atoms with Crippen molar-refractivity contribution in [1.29, 1.82) is 0 Å². The third kappa shape index (κ3) is 3.75. The van der Waals surface area contributed by atoms with Gasteiger partial charge in [-0.15, -0.1) is 0 Å². The second kappa shape index (κ2) is 6.76. The van der Waals surface area contributed by atoms with Gasteiger partial charge in [0.25, 0.3) is 0 Å². The largest absolute Gasteiger partial charge is 0.348 e. The molecule has 2 saturated carbocycles. The normalized spacial score (nSPS) is 34.6. The maximum Gasteiger partial charge on any atom is 0.168 e. The molecule has 0 aromatic carbocycles. The summed E-state index contributed by atoms with van der Waals surface area (Å²) in [4.78, 5) is 0. The van der Waals surface area contributed by atoms with E-state index in [1.54, 1.807) is 0 Å². The molecule has 3 nitrogen and oxygen atoms in total. The number of hydrogen-bond donors (Lipinski definition) is 1. The van der Waals surface area contributed by atoms with Gasteiger partial charge in [0.15, 0.2) is 5.79 Å². The molecule has 0 bridgehead atoms. The Kier molecular flexibility index (Phi) is 5.00. The summed E-state index contributed by atoms with van der Waals surface area (Å²) in [6.07, 6.45) is 11.8. The third-order valence-electron chi connectivity index (χ3n) is 5.59.